The van der Waals surface area contributed by atoms with Gasteiger partial charge >= 0.3 is 0 Å². The van der Waals surface area contributed by atoms with Crippen molar-refractivity contribution in [3.05, 3.63) is 58.4 Å². The molecule has 0 aliphatic carbocycles. The molecule has 0 unspecified atom stereocenters. The monoisotopic (exact) mass is 414 g/mol. The minimum Gasteiger partial charge on any atom is -0.486 e. The summed E-state index contributed by atoms with van der Waals surface area (Å²) >= 11 is 7.30. The van der Waals surface area contributed by atoms with E-state index in [-0.39, 0.29) is 5.91 Å². The molecule has 1 aliphatic rings. The Labute approximate surface area is 172 Å². The second-order valence-electron chi connectivity index (χ2n) is 6.42. The fourth-order valence-electron chi connectivity index (χ4n) is 2.95. The van der Waals surface area contributed by atoms with E-state index in [0.717, 1.165) is 40.6 Å². The molecule has 0 spiro atoms. The number of hydrogen-bond donors (Lipinski definition) is 1. The molecule has 1 aliphatic heterocycles. The number of aromatic nitrogens is 1. The second-order valence-corrected chi connectivity index (χ2v) is 7.72. The lowest BCUT2D eigenvalue weighted by Gasteiger charge is -2.18. The van der Waals surface area contributed by atoms with E-state index >= 15 is 0 Å². The van der Waals surface area contributed by atoms with Crippen molar-refractivity contribution in [3.8, 4) is 22.8 Å². The number of amides is 1. The van der Waals surface area contributed by atoms with Gasteiger partial charge in [0.25, 0.3) is 0 Å². The van der Waals surface area contributed by atoms with E-state index in [9.17, 15) is 4.79 Å². The lowest BCUT2D eigenvalue weighted by atomic mass is 10.1. The van der Waals surface area contributed by atoms with Gasteiger partial charge in [0.15, 0.2) is 16.6 Å². The predicted molar refractivity (Wildman–Crippen MR) is 112 cm³/mol. The number of hydrogen-bond acceptors (Lipinski definition) is 5. The van der Waals surface area contributed by atoms with Gasteiger partial charge < -0.3 is 14.8 Å². The maximum atomic E-state index is 12.2. The number of fused-ring (bicyclic) bond motifs is 1. The van der Waals surface area contributed by atoms with Crippen LogP contribution in [0.15, 0.2) is 47.8 Å². The highest BCUT2D eigenvalue weighted by Gasteiger charge is 2.14. The number of carbonyl (C=O) groups is 1. The molecule has 5 nitrogen and oxygen atoms in total. The van der Waals surface area contributed by atoms with Crippen LogP contribution >= 0.6 is 22.9 Å². The molecule has 2 aromatic carbocycles. The number of aryl methyl sites for hydroxylation is 1. The largest absolute Gasteiger partial charge is 0.486 e. The van der Waals surface area contributed by atoms with Gasteiger partial charge in [-0.15, -0.1) is 11.3 Å². The normalized spacial score (nSPS) is 12.6. The molecule has 0 fully saturated rings. The Bertz CT molecular complexity index is 972. The van der Waals surface area contributed by atoms with Crippen molar-refractivity contribution < 1.29 is 14.3 Å². The minimum atomic E-state index is -0.0305. The van der Waals surface area contributed by atoms with Gasteiger partial charge in [0.05, 0.1) is 5.69 Å². The third-order valence-electron chi connectivity index (χ3n) is 4.37. The summed E-state index contributed by atoms with van der Waals surface area (Å²) in [5.74, 6) is 1.45. The second kappa shape index (κ2) is 8.63. The molecule has 1 amide bonds. The van der Waals surface area contributed by atoms with Crippen LogP contribution in [0.4, 0.5) is 5.13 Å². The Morgan fingerprint density at radius 3 is 2.71 bits per heavy atom. The molecule has 1 aromatic heterocycles. The fraction of sp³-hybridized carbons (Fsp3) is 0.238. The van der Waals surface area contributed by atoms with Crippen molar-refractivity contribution in [1.82, 2.24) is 4.98 Å². The van der Waals surface area contributed by atoms with Crippen LogP contribution in [0.1, 0.15) is 18.4 Å². The van der Waals surface area contributed by atoms with Crippen molar-refractivity contribution in [2.75, 3.05) is 18.5 Å². The minimum absolute atomic E-state index is 0.0305. The van der Waals surface area contributed by atoms with Gasteiger partial charge in [-0.05, 0) is 48.7 Å². The molecule has 28 heavy (non-hydrogen) atoms. The number of nitrogens with one attached hydrogen (secondary N) is 1. The molecular weight excluding hydrogens is 396 g/mol. The molecular formula is C21H19ClN2O3S. The molecule has 2 heterocycles. The maximum Gasteiger partial charge on any atom is 0.226 e. The SMILES string of the molecule is O=C(CCCc1ccc(Cl)cc1)Nc1nc(-c2ccc3c(c2)OCCO3)cs1. The quantitative estimate of drug-likeness (QED) is 0.602. The number of benzene rings is 2. The van der Waals surface area contributed by atoms with Crippen molar-refractivity contribution in [2.45, 2.75) is 19.3 Å². The molecule has 1 N–H and O–H groups in total. The van der Waals surface area contributed by atoms with Crippen LogP contribution < -0.4 is 14.8 Å². The van der Waals surface area contributed by atoms with Gasteiger partial charge in [0.2, 0.25) is 5.91 Å². The summed E-state index contributed by atoms with van der Waals surface area (Å²) in [6, 6.07) is 13.5. The average Bonchev–Trinajstić information content (AvgIpc) is 3.17. The third-order valence-corrected chi connectivity index (χ3v) is 5.38. The molecule has 3 aromatic rings. The summed E-state index contributed by atoms with van der Waals surface area (Å²) < 4.78 is 11.2. The Morgan fingerprint density at radius 1 is 1.11 bits per heavy atom. The zero-order valence-corrected chi connectivity index (χ0v) is 16.7. The number of thiazole rings is 1. The topological polar surface area (TPSA) is 60.5 Å². The van der Waals surface area contributed by atoms with Crippen LogP contribution in [0.25, 0.3) is 11.3 Å². The van der Waals surface area contributed by atoms with Crippen molar-refractivity contribution in [3.63, 3.8) is 0 Å². The molecule has 0 atom stereocenters. The number of ether oxygens (including phenoxy) is 2. The van der Waals surface area contributed by atoms with Crippen LogP contribution in [-0.4, -0.2) is 24.1 Å². The van der Waals surface area contributed by atoms with Crippen LogP contribution in [0.5, 0.6) is 11.5 Å². The first-order valence-corrected chi connectivity index (χ1v) is 10.3. The van der Waals surface area contributed by atoms with Crippen molar-refractivity contribution in [1.29, 1.82) is 0 Å². The van der Waals surface area contributed by atoms with Crippen LogP contribution in [-0.2, 0) is 11.2 Å². The summed E-state index contributed by atoms with van der Waals surface area (Å²) in [6.07, 6.45) is 2.06. The number of anilines is 1. The van der Waals surface area contributed by atoms with Crippen LogP contribution in [0, 0.1) is 0 Å². The maximum absolute atomic E-state index is 12.2. The first-order chi connectivity index (χ1) is 13.7. The molecule has 0 saturated carbocycles. The van der Waals surface area contributed by atoms with Gasteiger partial charge in [-0.25, -0.2) is 4.98 Å². The Hall–Kier alpha value is -2.57. The smallest absolute Gasteiger partial charge is 0.226 e. The highest BCUT2D eigenvalue weighted by atomic mass is 35.5. The van der Waals surface area contributed by atoms with E-state index in [0.29, 0.717) is 24.8 Å². The van der Waals surface area contributed by atoms with Crippen molar-refractivity contribution >= 4 is 34.0 Å². The highest BCUT2D eigenvalue weighted by molar-refractivity contribution is 7.14. The summed E-state index contributed by atoms with van der Waals surface area (Å²) in [4.78, 5) is 16.7. The molecule has 144 valence electrons. The number of nitrogens with zero attached hydrogens (tertiary/aromatic N) is 1. The van der Waals surface area contributed by atoms with Gasteiger partial charge in [-0.1, -0.05) is 23.7 Å². The van der Waals surface area contributed by atoms with Gasteiger partial charge in [-0.2, -0.15) is 0 Å². The highest BCUT2D eigenvalue weighted by Crippen LogP contribution is 2.35. The van der Waals surface area contributed by atoms with Gasteiger partial charge in [-0.3, -0.25) is 4.79 Å². The van der Waals surface area contributed by atoms with Gasteiger partial charge in [0.1, 0.15) is 13.2 Å². The Balaban J connectivity index is 1.31. The standard InChI is InChI=1S/C21H19ClN2O3S/c22-16-7-4-14(5-8-16)2-1-3-20(25)24-21-23-17(13-28-21)15-6-9-18-19(12-15)27-11-10-26-18/h4-9,12-13H,1-3,10-11H2,(H,23,24,25). The zero-order valence-electron chi connectivity index (χ0n) is 15.1. The molecule has 4 rings (SSSR count). The van der Waals surface area contributed by atoms with E-state index in [2.05, 4.69) is 10.3 Å². The van der Waals surface area contributed by atoms with Crippen molar-refractivity contribution in [2.24, 2.45) is 0 Å². The zero-order chi connectivity index (χ0) is 19.3. The van der Waals surface area contributed by atoms with E-state index in [1.165, 1.54) is 16.9 Å². The van der Waals surface area contributed by atoms with E-state index in [1.807, 2.05) is 47.8 Å². The van der Waals surface area contributed by atoms with Crippen LogP contribution in [0.3, 0.4) is 0 Å². The van der Waals surface area contributed by atoms with Crippen LogP contribution in [0.2, 0.25) is 5.02 Å². The van der Waals surface area contributed by atoms with E-state index in [1.54, 1.807) is 0 Å². The third kappa shape index (κ3) is 4.64. The first-order valence-electron chi connectivity index (χ1n) is 9.07. The summed E-state index contributed by atoms with van der Waals surface area (Å²) in [5, 5.41) is 6.13. The predicted octanol–water partition coefficient (Wildman–Crippen LogP) is 5.20. The van der Waals surface area contributed by atoms with E-state index in [4.69, 9.17) is 21.1 Å². The summed E-state index contributed by atoms with van der Waals surface area (Å²) in [7, 11) is 0. The van der Waals surface area contributed by atoms with E-state index < -0.39 is 0 Å². The molecule has 0 bridgehead atoms. The summed E-state index contributed by atoms with van der Waals surface area (Å²) in [6.45, 7) is 1.11. The molecule has 0 radical (unpaired) electrons. The number of carbonyl (C=O) groups excluding carboxylic acids is 1. The average molecular weight is 415 g/mol. The Morgan fingerprint density at radius 2 is 1.89 bits per heavy atom. The lowest BCUT2D eigenvalue weighted by molar-refractivity contribution is -0.116. The summed E-state index contributed by atoms with van der Waals surface area (Å²) in [5.41, 5.74) is 2.91. The van der Waals surface area contributed by atoms with Gasteiger partial charge in [0, 0.05) is 22.4 Å². The fourth-order valence-corrected chi connectivity index (χ4v) is 3.81. The first kappa shape index (κ1) is 18.8. The number of rotatable bonds is 6. The lowest BCUT2D eigenvalue weighted by Crippen LogP contribution is -2.15. The molecule has 0 saturated heterocycles. The number of halogens is 1. The Kier molecular flexibility index (Phi) is 5.78. The molecule has 7 heteroatoms.